The van der Waals surface area contributed by atoms with Crippen molar-refractivity contribution >= 4 is 0 Å². The van der Waals surface area contributed by atoms with Crippen molar-refractivity contribution in [1.82, 2.24) is 5.32 Å². The largest absolute Gasteiger partial charge is 0.381 e. The Morgan fingerprint density at radius 3 is 2.47 bits per heavy atom. The summed E-state index contributed by atoms with van der Waals surface area (Å²) in [6.45, 7) is 1.67. The summed E-state index contributed by atoms with van der Waals surface area (Å²) in [7, 11) is 1.79. The Labute approximate surface area is 103 Å². The molecule has 0 amide bonds. The van der Waals surface area contributed by atoms with E-state index in [2.05, 4.69) is 29.6 Å². The topological polar surface area (TPSA) is 47.3 Å². The number of nitrogens with two attached hydrogens (primary N) is 1. The summed E-state index contributed by atoms with van der Waals surface area (Å²) in [5, 5.41) is 3.55. The van der Waals surface area contributed by atoms with Crippen molar-refractivity contribution in [3.05, 3.63) is 35.4 Å². The van der Waals surface area contributed by atoms with Crippen LogP contribution in [0.3, 0.4) is 0 Å². The van der Waals surface area contributed by atoms with Crippen LogP contribution in [0.15, 0.2) is 24.3 Å². The van der Waals surface area contributed by atoms with Crippen molar-refractivity contribution in [2.24, 2.45) is 5.73 Å². The van der Waals surface area contributed by atoms with Crippen molar-refractivity contribution in [3.8, 4) is 0 Å². The first kappa shape index (κ1) is 12.6. The van der Waals surface area contributed by atoms with E-state index < -0.39 is 0 Å². The Balaban J connectivity index is 1.72. The lowest BCUT2D eigenvalue weighted by Crippen LogP contribution is -2.44. The predicted octanol–water partition coefficient (Wildman–Crippen LogP) is 1.45. The molecule has 1 saturated carbocycles. The molecular formula is C14H22N2O. The summed E-state index contributed by atoms with van der Waals surface area (Å²) in [5.74, 6) is 0. The first-order chi connectivity index (χ1) is 8.31. The first-order valence-electron chi connectivity index (χ1n) is 6.36. The molecule has 0 bridgehead atoms. The smallest absolute Gasteiger partial charge is 0.0601 e. The summed E-state index contributed by atoms with van der Waals surface area (Å²) >= 11 is 0. The second kappa shape index (κ2) is 6.15. The molecule has 1 aliphatic carbocycles. The summed E-state index contributed by atoms with van der Waals surface area (Å²) in [6, 6.07) is 9.34. The van der Waals surface area contributed by atoms with Gasteiger partial charge in [0.2, 0.25) is 0 Å². The molecular weight excluding hydrogens is 212 g/mol. The summed E-state index contributed by atoms with van der Waals surface area (Å²) < 4.78 is 5.26. The van der Waals surface area contributed by atoms with E-state index in [0.29, 0.717) is 12.1 Å². The van der Waals surface area contributed by atoms with Crippen LogP contribution in [0.2, 0.25) is 0 Å². The average Bonchev–Trinajstić information content (AvgIpc) is 2.30. The highest BCUT2D eigenvalue weighted by Gasteiger charge is 2.28. The molecule has 1 aromatic rings. The molecule has 2 rings (SSSR count). The molecule has 0 aromatic heterocycles. The summed E-state index contributed by atoms with van der Waals surface area (Å²) in [6.07, 6.45) is 3.72. The van der Waals surface area contributed by atoms with Gasteiger partial charge in [-0.15, -0.1) is 0 Å². The number of hydrogen-bond acceptors (Lipinski definition) is 3. The highest BCUT2D eigenvalue weighted by Crippen LogP contribution is 2.22. The Morgan fingerprint density at radius 1 is 1.24 bits per heavy atom. The van der Waals surface area contributed by atoms with Gasteiger partial charge in [0, 0.05) is 19.7 Å². The molecule has 0 aliphatic heterocycles. The van der Waals surface area contributed by atoms with Crippen LogP contribution >= 0.6 is 0 Å². The van der Waals surface area contributed by atoms with Crippen LogP contribution in [0.4, 0.5) is 0 Å². The fourth-order valence-electron chi connectivity index (χ4n) is 2.18. The van der Waals surface area contributed by atoms with Crippen molar-refractivity contribution < 1.29 is 4.74 Å². The third-order valence-electron chi connectivity index (χ3n) is 3.48. The molecule has 0 atom stereocenters. The zero-order valence-corrected chi connectivity index (χ0v) is 10.5. The Morgan fingerprint density at radius 2 is 1.88 bits per heavy atom. The Hall–Kier alpha value is -0.900. The highest BCUT2D eigenvalue weighted by molar-refractivity contribution is 5.22. The van der Waals surface area contributed by atoms with Crippen LogP contribution in [0.1, 0.15) is 24.0 Å². The van der Waals surface area contributed by atoms with Gasteiger partial charge in [0.25, 0.3) is 0 Å². The average molecular weight is 234 g/mol. The van der Waals surface area contributed by atoms with E-state index in [1.807, 2.05) is 0 Å². The zero-order chi connectivity index (χ0) is 12.1. The molecule has 0 radical (unpaired) electrons. The maximum atomic E-state index is 5.52. The number of hydrogen-bond donors (Lipinski definition) is 2. The predicted molar refractivity (Wildman–Crippen MR) is 69.9 cm³/mol. The van der Waals surface area contributed by atoms with Gasteiger partial charge in [-0.1, -0.05) is 24.3 Å². The maximum Gasteiger partial charge on any atom is 0.0601 e. The normalized spacial score (nSPS) is 23.4. The third-order valence-corrected chi connectivity index (χ3v) is 3.48. The lowest BCUT2D eigenvalue weighted by molar-refractivity contribution is 0.0170. The van der Waals surface area contributed by atoms with Gasteiger partial charge in [-0.3, -0.25) is 0 Å². The lowest BCUT2D eigenvalue weighted by Gasteiger charge is -2.34. The van der Waals surface area contributed by atoms with E-state index in [4.69, 9.17) is 10.5 Å². The molecule has 0 unspecified atom stereocenters. The van der Waals surface area contributed by atoms with Crippen molar-refractivity contribution in [2.75, 3.05) is 13.7 Å². The Bertz CT molecular complexity index is 331. The van der Waals surface area contributed by atoms with Gasteiger partial charge in [-0.2, -0.15) is 0 Å². The Kier molecular flexibility index (Phi) is 4.54. The van der Waals surface area contributed by atoms with Gasteiger partial charge in [-0.25, -0.2) is 0 Å². The van der Waals surface area contributed by atoms with E-state index in [-0.39, 0.29) is 0 Å². The molecule has 1 fully saturated rings. The van der Waals surface area contributed by atoms with E-state index in [1.165, 1.54) is 11.1 Å². The number of rotatable bonds is 6. The zero-order valence-electron chi connectivity index (χ0n) is 10.5. The minimum Gasteiger partial charge on any atom is -0.381 e. The van der Waals surface area contributed by atoms with Crippen LogP contribution in [0.5, 0.6) is 0 Å². The minimum absolute atomic E-state index is 0.472. The molecule has 94 valence electrons. The summed E-state index contributed by atoms with van der Waals surface area (Å²) in [5.41, 5.74) is 8.18. The van der Waals surface area contributed by atoms with E-state index in [9.17, 15) is 0 Å². The standard InChI is InChI=1S/C14H22N2O/c1-17-14-8-13(9-14)16-10-12-4-2-11(3-5-12)6-7-15/h2-5,13-14,16H,6-10,15H2,1H3. The van der Waals surface area contributed by atoms with Gasteiger partial charge >= 0.3 is 0 Å². The van der Waals surface area contributed by atoms with E-state index in [1.54, 1.807) is 7.11 Å². The van der Waals surface area contributed by atoms with Crippen LogP contribution < -0.4 is 11.1 Å². The second-order valence-corrected chi connectivity index (χ2v) is 4.76. The summed E-state index contributed by atoms with van der Waals surface area (Å²) in [4.78, 5) is 0. The van der Waals surface area contributed by atoms with Gasteiger partial charge in [0.1, 0.15) is 0 Å². The highest BCUT2D eigenvalue weighted by atomic mass is 16.5. The second-order valence-electron chi connectivity index (χ2n) is 4.76. The van der Waals surface area contributed by atoms with Crippen LogP contribution in [-0.4, -0.2) is 25.8 Å². The number of methoxy groups -OCH3 is 1. The maximum absolute atomic E-state index is 5.52. The quantitative estimate of drug-likeness (QED) is 0.783. The first-order valence-corrected chi connectivity index (χ1v) is 6.36. The third kappa shape index (κ3) is 3.53. The molecule has 1 aliphatic rings. The van der Waals surface area contributed by atoms with Gasteiger partial charge in [-0.05, 0) is 36.9 Å². The monoisotopic (exact) mass is 234 g/mol. The molecule has 0 saturated heterocycles. The van der Waals surface area contributed by atoms with E-state index >= 15 is 0 Å². The van der Waals surface area contributed by atoms with Crippen LogP contribution in [-0.2, 0) is 17.7 Å². The molecule has 1 aromatic carbocycles. The fraction of sp³-hybridized carbons (Fsp3) is 0.571. The molecule has 0 heterocycles. The SMILES string of the molecule is COC1CC(NCc2ccc(CCN)cc2)C1. The van der Waals surface area contributed by atoms with Gasteiger partial charge < -0.3 is 15.8 Å². The molecule has 3 heteroatoms. The molecule has 17 heavy (non-hydrogen) atoms. The molecule has 3 N–H and O–H groups in total. The van der Waals surface area contributed by atoms with Crippen molar-refractivity contribution in [1.29, 1.82) is 0 Å². The molecule has 0 spiro atoms. The molecule has 3 nitrogen and oxygen atoms in total. The number of ether oxygens (including phenoxy) is 1. The van der Waals surface area contributed by atoms with Crippen molar-refractivity contribution in [3.63, 3.8) is 0 Å². The lowest BCUT2D eigenvalue weighted by atomic mass is 9.89. The van der Waals surface area contributed by atoms with Crippen LogP contribution in [0, 0.1) is 0 Å². The van der Waals surface area contributed by atoms with Crippen molar-refractivity contribution in [2.45, 2.75) is 38.0 Å². The fourth-order valence-corrected chi connectivity index (χ4v) is 2.18. The van der Waals surface area contributed by atoms with Gasteiger partial charge in [0.15, 0.2) is 0 Å². The number of nitrogens with one attached hydrogen (secondary N) is 1. The van der Waals surface area contributed by atoms with E-state index in [0.717, 1.165) is 32.4 Å². The minimum atomic E-state index is 0.472. The van der Waals surface area contributed by atoms with Gasteiger partial charge in [0.05, 0.1) is 6.10 Å². The number of benzene rings is 1. The van der Waals surface area contributed by atoms with Crippen LogP contribution in [0.25, 0.3) is 0 Å².